The molecular weight excluding hydrogens is 459 g/mol. The van der Waals surface area contributed by atoms with E-state index in [-0.39, 0.29) is 29.4 Å². The number of benzene rings is 2. The number of fused-ring (bicyclic) bond motifs is 3. The molecule has 9 heteroatoms. The molecule has 36 heavy (non-hydrogen) atoms. The van der Waals surface area contributed by atoms with Crippen molar-refractivity contribution in [2.45, 2.75) is 26.7 Å². The molecule has 5 aromatic rings. The second kappa shape index (κ2) is 9.53. The van der Waals surface area contributed by atoms with Gasteiger partial charge in [-0.15, -0.1) is 0 Å². The van der Waals surface area contributed by atoms with Crippen molar-refractivity contribution in [3.8, 4) is 0 Å². The summed E-state index contributed by atoms with van der Waals surface area (Å²) >= 11 is 0. The third kappa shape index (κ3) is 4.50. The van der Waals surface area contributed by atoms with Crippen molar-refractivity contribution in [3.63, 3.8) is 0 Å². The molecule has 2 N–H and O–H groups in total. The quantitative estimate of drug-likeness (QED) is 0.360. The molecular formula is C27H23FN6O2. The van der Waals surface area contributed by atoms with Crippen LogP contribution in [0.4, 0.5) is 15.8 Å². The van der Waals surface area contributed by atoms with Crippen LogP contribution in [0.2, 0.25) is 0 Å². The number of rotatable bonds is 6. The lowest BCUT2D eigenvalue weighted by Gasteiger charge is -2.14. The normalized spacial score (nSPS) is 11.1. The van der Waals surface area contributed by atoms with E-state index < -0.39 is 11.7 Å². The maximum Gasteiger partial charge on any atom is 0.274 e. The zero-order valence-corrected chi connectivity index (χ0v) is 19.7. The van der Waals surface area contributed by atoms with Crippen molar-refractivity contribution in [1.29, 1.82) is 0 Å². The highest BCUT2D eigenvalue weighted by Crippen LogP contribution is 2.25. The zero-order valence-electron chi connectivity index (χ0n) is 19.7. The number of amides is 2. The van der Waals surface area contributed by atoms with Crippen LogP contribution in [0.5, 0.6) is 0 Å². The molecule has 0 aliphatic heterocycles. The van der Waals surface area contributed by atoms with Gasteiger partial charge in [0.2, 0.25) is 5.91 Å². The Hall–Kier alpha value is -4.66. The standard InChI is InChI=1S/C27H23FN6O2/c1-16-19(17(2)34-26(30-16)20-7-3-4-8-21(20)33-34)11-13-25(35)31-24-15-18(28)10-12-22(24)32-27(36)23-9-5-6-14-29-23/h3-10,12,14-15H,11,13H2,1-2H3,(H,31,35)(H,32,36). The van der Waals surface area contributed by atoms with Gasteiger partial charge in [0, 0.05) is 29.4 Å². The minimum atomic E-state index is -0.534. The Morgan fingerprint density at radius 1 is 0.972 bits per heavy atom. The van der Waals surface area contributed by atoms with E-state index in [1.807, 2.05) is 42.6 Å². The van der Waals surface area contributed by atoms with Gasteiger partial charge in [-0.1, -0.05) is 18.2 Å². The smallest absolute Gasteiger partial charge is 0.274 e. The van der Waals surface area contributed by atoms with Crippen LogP contribution in [-0.2, 0) is 11.2 Å². The van der Waals surface area contributed by atoms with Gasteiger partial charge in [-0.25, -0.2) is 13.9 Å². The molecule has 3 heterocycles. The van der Waals surface area contributed by atoms with Crippen molar-refractivity contribution < 1.29 is 14.0 Å². The van der Waals surface area contributed by atoms with E-state index in [0.29, 0.717) is 6.42 Å². The number of nitrogens with zero attached hydrogens (tertiary/aromatic N) is 4. The fourth-order valence-electron chi connectivity index (χ4n) is 4.20. The maximum atomic E-state index is 14.0. The number of halogens is 1. The van der Waals surface area contributed by atoms with Crippen LogP contribution in [0.1, 0.15) is 33.9 Å². The highest BCUT2D eigenvalue weighted by atomic mass is 19.1. The SMILES string of the molecule is Cc1nc2c3ccccc3nn2c(C)c1CCC(=O)Nc1cc(F)ccc1NC(=O)c1ccccn1. The Morgan fingerprint density at radius 3 is 2.58 bits per heavy atom. The lowest BCUT2D eigenvalue weighted by atomic mass is 10.1. The van der Waals surface area contributed by atoms with Crippen molar-refractivity contribution in [2.24, 2.45) is 0 Å². The van der Waals surface area contributed by atoms with Crippen LogP contribution in [-0.4, -0.2) is 31.4 Å². The summed E-state index contributed by atoms with van der Waals surface area (Å²) < 4.78 is 15.8. The van der Waals surface area contributed by atoms with Crippen LogP contribution in [0.15, 0.2) is 66.9 Å². The van der Waals surface area contributed by atoms with Crippen molar-refractivity contribution in [3.05, 3.63) is 95.3 Å². The third-order valence-electron chi connectivity index (χ3n) is 6.02. The molecule has 0 bridgehead atoms. The van der Waals surface area contributed by atoms with E-state index in [1.54, 1.807) is 18.2 Å². The molecule has 180 valence electrons. The van der Waals surface area contributed by atoms with Gasteiger partial charge >= 0.3 is 0 Å². The predicted octanol–water partition coefficient (Wildman–Crippen LogP) is 4.86. The van der Waals surface area contributed by atoms with Crippen molar-refractivity contribution >= 4 is 39.7 Å². The Balaban J connectivity index is 1.33. The first-order chi connectivity index (χ1) is 17.4. The van der Waals surface area contributed by atoms with Gasteiger partial charge in [-0.05, 0) is 68.3 Å². The second-order valence-corrected chi connectivity index (χ2v) is 8.42. The minimum Gasteiger partial charge on any atom is -0.324 e. The monoisotopic (exact) mass is 482 g/mol. The largest absolute Gasteiger partial charge is 0.324 e. The van der Waals surface area contributed by atoms with Gasteiger partial charge in [0.25, 0.3) is 5.91 Å². The van der Waals surface area contributed by atoms with Crippen molar-refractivity contribution in [2.75, 3.05) is 10.6 Å². The number of hydrogen-bond acceptors (Lipinski definition) is 5. The van der Waals surface area contributed by atoms with E-state index in [9.17, 15) is 14.0 Å². The lowest BCUT2D eigenvalue weighted by Crippen LogP contribution is -2.18. The molecule has 0 aliphatic carbocycles. The van der Waals surface area contributed by atoms with E-state index >= 15 is 0 Å². The minimum absolute atomic E-state index is 0.139. The fourth-order valence-corrected chi connectivity index (χ4v) is 4.20. The number of anilines is 2. The molecule has 0 saturated carbocycles. The van der Waals surface area contributed by atoms with E-state index in [2.05, 4.69) is 20.7 Å². The summed E-state index contributed by atoms with van der Waals surface area (Å²) in [7, 11) is 0. The van der Waals surface area contributed by atoms with Gasteiger partial charge in [0.1, 0.15) is 11.5 Å². The number of hydrogen-bond donors (Lipinski definition) is 2. The van der Waals surface area contributed by atoms with Crippen LogP contribution in [0, 0.1) is 19.7 Å². The second-order valence-electron chi connectivity index (χ2n) is 8.42. The summed E-state index contributed by atoms with van der Waals surface area (Å²) in [5.41, 5.74) is 4.95. The summed E-state index contributed by atoms with van der Waals surface area (Å²) in [6.07, 6.45) is 2.07. The summed E-state index contributed by atoms with van der Waals surface area (Å²) in [5.74, 6) is -1.32. The molecule has 5 rings (SSSR count). The predicted molar refractivity (Wildman–Crippen MR) is 136 cm³/mol. The van der Waals surface area contributed by atoms with Gasteiger partial charge in [0.05, 0.1) is 16.9 Å². The van der Waals surface area contributed by atoms with Gasteiger partial charge < -0.3 is 10.6 Å². The average molecular weight is 483 g/mol. The van der Waals surface area contributed by atoms with Gasteiger partial charge in [0.15, 0.2) is 5.65 Å². The molecule has 0 spiro atoms. The molecule has 3 aromatic heterocycles. The highest BCUT2D eigenvalue weighted by molar-refractivity contribution is 6.06. The van der Waals surface area contributed by atoms with Crippen LogP contribution in [0.3, 0.4) is 0 Å². The van der Waals surface area contributed by atoms with Crippen LogP contribution < -0.4 is 10.6 Å². The summed E-state index contributed by atoms with van der Waals surface area (Å²) in [6.45, 7) is 3.87. The Morgan fingerprint density at radius 2 is 1.78 bits per heavy atom. The molecule has 0 fully saturated rings. The summed E-state index contributed by atoms with van der Waals surface area (Å²) in [4.78, 5) is 34.1. The average Bonchev–Trinajstić information content (AvgIpc) is 3.25. The number of aromatic nitrogens is 4. The zero-order chi connectivity index (χ0) is 25.2. The molecule has 0 radical (unpaired) electrons. The Kier molecular flexibility index (Phi) is 6.12. The molecule has 0 aliphatic rings. The van der Waals surface area contributed by atoms with E-state index in [1.165, 1.54) is 24.4 Å². The fraction of sp³-hybridized carbons (Fsp3) is 0.148. The summed E-state index contributed by atoms with van der Waals surface area (Å²) in [5, 5.41) is 11.0. The number of carbonyl (C=O) groups is 2. The van der Waals surface area contributed by atoms with Crippen LogP contribution >= 0.6 is 0 Å². The Bertz CT molecular complexity index is 1610. The maximum absolute atomic E-state index is 14.0. The third-order valence-corrected chi connectivity index (χ3v) is 6.02. The molecule has 2 amide bonds. The van der Waals surface area contributed by atoms with E-state index in [4.69, 9.17) is 4.98 Å². The molecule has 8 nitrogen and oxygen atoms in total. The van der Waals surface area contributed by atoms with E-state index in [0.717, 1.165) is 33.5 Å². The van der Waals surface area contributed by atoms with Crippen molar-refractivity contribution in [1.82, 2.24) is 19.6 Å². The first-order valence-corrected chi connectivity index (χ1v) is 11.5. The molecule has 0 saturated heterocycles. The van der Waals surface area contributed by atoms with Gasteiger partial charge in [-0.2, -0.15) is 5.10 Å². The van der Waals surface area contributed by atoms with Gasteiger partial charge in [-0.3, -0.25) is 14.6 Å². The first-order valence-electron chi connectivity index (χ1n) is 11.5. The number of nitrogens with one attached hydrogen (secondary N) is 2. The van der Waals surface area contributed by atoms with Crippen LogP contribution in [0.25, 0.3) is 16.6 Å². The molecule has 2 aromatic carbocycles. The molecule has 0 unspecified atom stereocenters. The lowest BCUT2D eigenvalue weighted by molar-refractivity contribution is -0.116. The Labute approximate surface area is 206 Å². The highest BCUT2D eigenvalue weighted by Gasteiger charge is 2.17. The number of pyridine rings is 1. The number of aryl methyl sites for hydroxylation is 2. The first kappa shape index (κ1) is 23.1. The molecule has 0 atom stereocenters. The topological polar surface area (TPSA) is 101 Å². The number of carbonyl (C=O) groups excluding carboxylic acids is 2. The summed E-state index contributed by atoms with van der Waals surface area (Å²) in [6, 6.07) is 16.6.